The van der Waals surface area contributed by atoms with E-state index < -0.39 is 0 Å². The van der Waals surface area contributed by atoms with Crippen LogP contribution in [0.15, 0.2) is 0 Å². The van der Waals surface area contributed by atoms with Crippen LogP contribution in [-0.2, 0) is 19.5 Å². The Morgan fingerprint density at radius 1 is 0.667 bits per heavy atom. The van der Waals surface area contributed by atoms with E-state index in [-0.39, 0.29) is 19.5 Å². The molecule has 0 aromatic rings. The Morgan fingerprint density at radius 3 is 1.07 bits per heavy atom. The summed E-state index contributed by atoms with van der Waals surface area (Å²) in [5, 5.41) is 0. The standard InChI is InChI=1S/2C7H13.Zn/c2*1-7-5-3-2-4-6-7;/h2*2,7H,3-6H2,1H3;/q2*-1;+2. The van der Waals surface area contributed by atoms with E-state index in [9.17, 15) is 0 Å². The van der Waals surface area contributed by atoms with Crippen molar-refractivity contribution >= 4 is 0 Å². The Bertz CT molecular complexity index is 105. The van der Waals surface area contributed by atoms with Gasteiger partial charge in [0.25, 0.3) is 0 Å². The average Bonchev–Trinajstić information content (AvgIpc) is 2.21. The third-order valence-electron chi connectivity index (χ3n) is 3.45. The van der Waals surface area contributed by atoms with Gasteiger partial charge in [-0.25, -0.2) is 0 Å². The zero-order valence-electron chi connectivity index (χ0n) is 10.7. The van der Waals surface area contributed by atoms with Gasteiger partial charge in [-0.3, -0.25) is 0 Å². The summed E-state index contributed by atoms with van der Waals surface area (Å²) in [7, 11) is 0. The van der Waals surface area contributed by atoms with Crippen molar-refractivity contribution in [2.75, 3.05) is 0 Å². The molecule has 2 saturated carbocycles. The molecular formula is C14H26Zn. The third kappa shape index (κ3) is 8.43. The van der Waals surface area contributed by atoms with Gasteiger partial charge in [-0.1, -0.05) is 39.5 Å². The number of hydrogen-bond acceptors (Lipinski definition) is 0. The summed E-state index contributed by atoms with van der Waals surface area (Å²) >= 11 is 0. The third-order valence-corrected chi connectivity index (χ3v) is 3.45. The molecule has 2 aliphatic rings. The molecule has 0 amide bonds. The first-order valence-corrected chi connectivity index (χ1v) is 6.42. The van der Waals surface area contributed by atoms with Crippen molar-refractivity contribution in [3.63, 3.8) is 0 Å². The van der Waals surface area contributed by atoms with E-state index in [1.165, 1.54) is 51.4 Å². The number of hydrogen-bond donors (Lipinski definition) is 0. The van der Waals surface area contributed by atoms with Gasteiger partial charge in [-0.15, -0.1) is 0 Å². The van der Waals surface area contributed by atoms with E-state index in [0.29, 0.717) is 0 Å². The van der Waals surface area contributed by atoms with Crippen molar-refractivity contribution < 1.29 is 19.5 Å². The van der Waals surface area contributed by atoms with Crippen molar-refractivity contribution in [2.45, 2.75) is 65.2 Å². The molecule has 0 nitrogen and oxygen atoms in total. The Labute approximate surface area is 109 Å². The molecule has 15 heavy (non-hydrogen) atoms. The zero-order chi connectivity index (χ0) is 10.2. The first-order valence-electron chi connectivity index (χ1n) is 6.42. The van der Waals surface area contributed by atoms with Crippen LogP contribution < -0.4 is 0 Å². The van der Waals surface area contributed by atoms with Crippen LogP contribution in [0.1, 0.15) is 65.2 Å². The molecule has 0 aromatic carbocycles. The summed E-state index contributed by atoms with van der Waals surface area (Å²) in [6.07, 6.45) is 16.0. The minimum Gasteiger partial charge on any atom is -0.328 e. The van der Waals surface area contributed by atoms with Gasteiger partial charge in [0.1, 0.15) is 0 Å². The summed E-state index contributed by atoms with van der Waals surface area (Å²) < 4.78 is 0. The van der Waals surface area contributed by atoms with Gasteiger partial charge >= 0.3 is 19.5 Å². The summed E-state index contributed by atoms with van der Waals surface area (Å²) in [5.41, 5.74) is 0. The van der Waals surface area contributed by atoms with Gasteiger partial charge in [-0.2, -0.15) is 25.7 Å². The molecule has 2 rings (SSSR count). The topological polar surface area (TPSA) is 0 Å². The Hall–Kier alpha value is 0.623. The molecule has 84 valence electrons. The minimum absolute atomic E-state index is 0. The molecule has 0 unspecified atom stereocenters. The fourth-order valence-corrected chi connectivity index (χ4v) is 2.19. The largest absolute Gasteiger partial charge is 2.00 e. The van der Waals surface area contributed by atoms with Crippen molar-refractivity contribution in [3.8, 4) is 0 Å². The maximum atomic E-state index is 2.40. The predicted molar refractivity (Wildman–Crippen MR) is 63.9 cm³/mol. The monoisotopic (exact) mass is 258 g/mol. The number of rotatable bonds is 0. The van der Waals surface area contributed by atoms with E-state index in [0.717, 1.165) is 11.8 Å². The molecule has 0 bridgehead atoms. The van der Waals surface area contributed by atoms with Crippen LogP contribution in [0.25, 0.3) is 0 Å². The first kappa shape index (κ1) is 15.6. The van der Waals surface area contributed by atoms with E-state index >= 15 is 0 Å². The fraction of sp³-hybridized carbons (Fsp3) is 0.857. The van der Waals surface area contributed by atoms with E-state index in [4.69, 9.17) is 0 Å². The molecule has 0 N–H and O–H groups in total. The van der Waals surface area contributed by atoms with Crippen LogP contribution in [0.3, 0.4) is 0 Å². The maximum Gasteiger partial charge on any atom is 2.00 e. The summed E-state index contributed by atoms with van der Waals surface area (Å²) in [6, 6.07) is 0. The molecule has 2 aliphatic carbocycles. The smallest absolute Gasteiger partial charge is 0.328 e. The molecule has 0 aliphatic heterocycles. The molecule has 0 aromatic heterocycles. The molecule has 1 heteroatoms. The van der Waals surface area contributed by atoms with Gasteiger partial charge in [0.05, 0.1) is 0 Å². The summed E-state index contributed by atoms with van der Waals surface area (Å²) in [6.45, 7) is 4.68. The fourth-order valence-electron chi connectivity index (χ4n) is 2.19. The van der Waals surface area contributed by atoms with Crippen LogP contribution in [0.4, 0.5) is 0 Å². The van der Waals surface area contributed by atoms with E-state index in [1.54, 1.807) is 0 Å². The van der Waals surface area contributed by atoms with Crippen molar-refractivity contribution in [2.24, 2.45) is 11.8 Å². The molecule has 0 radical (unpaired) electrons. The Kier molecular flexibility index (Phi) is 10.2. The van der Waals surface area contributed by atoms with Crippen LogP contribution in [0.2, 0.25) is 0 Å². The molecule has 0 heterocycles. The van der Waals surface area contributed by atoms with Crippen molar-refractivity contribution in [1.82, 2.24) is 0 Å². The quantitative estimate of drug-likeness (QED) is 0.433. The second-order valence-corrected chi connectivity index (χ2v) is 5.10. The van der Waals surface area contributed by atoms with Crippen LogP contribution in [-0.4, -0.2) is 0 Å². The molecule has 0 spiro atoms. The second kappa shape index (κ2) is 9.82. The normalized spacial score (nSPS) is 23.6. The maximum absolute atomic E-state index is 2.40. The van der Waals surface area contributed by atoms with Crippen LogP contribution in [0.5, 0.6) is 0 Å². The van der Waals surface area contributed by atoms with Crippen molar-refractivity contribution in [3.05, 3.63) is 12.8 Å². The van der Waals surface area contributed by atoms with Gasteiger partial charge in [0.15, 0.2) is 0 Å². The average molecular weight is 260 g/mol. The Balaban J connectivity index is 0.000000245. The van der Waals surface area contributed by atoms with Gasteiger partial charge in [0.2, 0.25) is 0 Å². The second-order valence-electron chi connectivity index (χ2n) is 5.10. The SMILES string of the molecule is CC1CC[CH-]CC1.CC1CC[CH-]CC1.[Zn+2]. The van der Waals surface area contributed by atoms with Gasteiger partial charge in [-0.05, 0) is 11.8 Å². The Morgan fingerprint density at radius 2 is 0.933 bits per heavy atom. The van der Waals surface area contributed by atoms with Crippen LogP contribution in [0, 0.1) is 24.7 Å². The van der Waals surface area contributed by atoms with Crippen LogP contribution >= 0.6 is 0 Å². The van der Waals surface area contributed by atoms with Crippen molar-refractivity contribution in [1.29, 1.82) is 0 Å². The first-order chi connectivity index (χ1) is 6.79. The summed E-state index contributed by atoms with van der Waals surface area (Å²) in [5.74, 6) is 2.01. The predicted octanol–water partition coefficient (Wildman–Crippen LogP) is 4.80. The molecular weight excluding hydrogens is 234 g/mol. The molecule has 0 atom stereocenters. The van der Waals surface area contributed by atoms with E-state index in [2.05, 4.69) is 26.7 Å². The zero-order valence-corrected chi connectivity index (χ0v) is 13.6. The van der Waals surface area contributed by atoms with Gasteiger partial charge < -0.3 is 12.8 Å². The minimum atomic E-state index is 0. The molecule has 0 saturated heterocycles. The molecule has 2 fully saturated rings. The summed E-state index contributed by atoms with van der Waals surface area (Å²) in [4.78, 5) is 0. The van der Waals surface area contributed by atoms with Gasteiger partial charge in [0, 0.05) is 0 Å². The van der Waals surface area contributed by atoms with E-state index in [1.807, 2.05) is 0 Å².